The molecule has 0 heterocycles. The van der Waals surface area contributed by atoms with Gasteiger partial charge in [-0.1, -0.05) is 43.3 Å². The molecule has 2 heteroatoms. The predicted octanol–water partition coefficient (Wildman–Crippen LogP) is 3.00. The van der Waals surface area contributed by atoms with Gasteiger partial charge in [0, 0.05) is 5.92 Å². The number of rotatable bonds is 2. The third-order valence-electron chi connectivity index (χ3n) is 2.91. The van der Waals surface area contributed by atoms with E-state index in [9.17, 15) is 0 Å². The normalized spacial score (nSPS) is 12.3. The average molecular weight is 212 g/mol. The molecule has 0 fully saturated rings. The number of hydrogen-bond donors (Lipinski definition) is 2. The molecule has 1 unspecified atom stereocenters. The first kappa shape index (κ1) is 10.6. The highest BCUT2D eigenvalue weighted by molar-refractivity contribution is 5.64. The van der Waals surface area contributed by atoms with Gasteiger partial charge in [0.15, 0.2) is 0 Å². The Hall–Kier alpha value is -1.96. The summed E-state index contributed by atoms with van der Waals surface area (Å²) in [6, 6.07) is 16.2. The Balaban J connectivity index is 2.34. The van der Waals surface area contributed by atoms with E-state index in [1.807, 2.05) is 36.4 Å². The summed E-state index contributed by atoms with van der Waals surface area (Å²) in [4.78, 5) is 0. The zero-order valence-electron chi connectivity index (χ0n) is 9.35. The molecule has 0 aliphatic carbocycles. The molecule has 1 atom stereocenters. The van der Waals surface area contributed by atoms with E-state index < -0.39 is 0 Å². The van der Waals surface area contributed by atoms with E-state index in [4.69, 9.17) is 11.5 Å². The first-order valence-corrected chi connectivity index (χ1v) is 5.38. The zero-order chi connectivity index (χ0) is 11.5. The number of benzene rings is 2. The molecular weight excluding hydrogens is 196 g/mol. The van der Waals surface area contributed by atoms with Crippen molar-refractivity contribution in [2.24, 2.45) is 0 Å². The summed E-state index contributed by atoms with van der Waals surface area (Å²) in [6.07, 6.45) is 0. The van der Waals surface area contributed by atoms with E-state index in [0.29, 0.717) is 17.3 Å². The second kappa shape index (κ2) is 4.27. The Labute approximate surface area is 95.9 Å². The van der Waals surface area contributed by atoms with Crippen LogP contribution in [-0.2, 0) is 0 Å². The van der Waals surface area contributed by atoms with Crippen LogP contribution in [0.4, 0.5) is 11.4 Å². The third kappa shape index (κ3) is 2.01. The molecule has 2 rings (SSSR count). The van der Waals surface area contributed by atoms with Crippen LogP contribution in [0, 0.1) is 0 Å². The van der Waals surface area contributed by atoms with Gasteiger partial charge >= 0.3 is 0 Å². The van der Waals surface area contributed by atoms with Crippen molar-refractivity contribution in [3.05, 3.63) is 59.7 Å². The maximum atomic E-state index is 5.81. The summed E-state index contributed by atoms with van der Waals surface area (Å²) in [7, 11) is 0. The summed E-state index contributed by atoms with van der Waals surface area (Å²) in [5.41, 5.74) is 15.3. The zero-order valence-corrected chi connectivity index (χ0v) is 9.35. The predicted molar refractivity (Wildman–Crippen MR) is 69.2 cm³/mol. The molecule has 0 aliphatic rings. The lowest BCUT2D eigenvalue weighted by molar-refractivity contribution is 0.923. The van der Waals surface area contributed by atoms with Crippen LogP contribution >= 0.6 is 0 Å². The van der Waals surface area contributed by atoms with Crippen molar-refractivity contribution in [3.8, 4) is 0 Å². The number of nitrogen functional groups attached to an aromatic ring is 2. The molecule has 2 aromatic carbocycles. The highest BCUT2D eigenvalue weighted by Crippen LogP contribution is 2.27. The van der Waals surface area contributed by atoms with Gasteiger partial charge in [0.25, 0.3) is 0 Å². The SMILES string of the molecule is CC(c1ccccc1)c1ccc(N)c(N)c1. The van der Waals surface area contributed by atoms with Crippen molar-refractivity contribution in [2.75, 3.05) is 11.5 Å². The minimum atomic E-state index is 0.337. The van der Waals surface area contributed by atoms with Gasteiger partial charge in [0.2, 0.25) is 0 Å². The third-order valence-corrected chi connectivity index (χ3v) is 2.91. The summed E-state index contributed by atoms with van der Waals surface area (Å²) in [6.45, 7) is 2.17. The lowest BCUT2D eigenvalue weighted by Crippen LogP contribution is -2.00. The number of nitrogens with two attached hydrogens (primary N) is 2. The van der Waals surface area contributed by atoms with Crippen LogP contribution in [0.25, 0.3) is 0 Å². The molecule has 82 valence electrons. The van der Waals surface area contributed by atoms with Crippen LogP contribution in [0.5, 0.6) is 0 Å². The molecular formula is C14H16N2. The van der Waals surface area contributed by atoms with Gasteiger partial charge in [-0.15, -0.1) is 0 Å². The van der Waals surface area contributed by atoms with Crippen LogP contribution in [0.1, 0.15) is 24.0 Å². The van der Waals surface area contributed by atoms with Gasteiger partial charge in [-0.2, -0.15) is 0 Å². The van der Waals surface area contributed by atoms with Gasteiger partial charge in [-0.25, -0.2) is 0 Å². The Kier molecular flexibility index (Phi) is 2.82. The fourth-order valence-electron chi connectivity index (χ4n) is 1.80. The van der Waals surface area contributed by atoms with Crippen molar-refractivity contribution in [1.29, 1.82) is 0 Å². The van der Waals surface area contributed by atoms with E-state index in [0.717, 1.165) is 0 Å². The van der Waals surface area contributed by atoms with Crippen molar-refractivity contribution in [2.45, 2.75) is 12.8 Å². The van der Waals surface area contributed by atoms with Crippen LogP contribution in [0.15, 0.2) is 48.5 Å². The lowest BCUT2D eigenvalue weighted by atomic mass is 9.93. The second-order valence-electron chi connectivity index (χ2n) is 4.02. The maximum absolute atomic E-state index is 5.81. The van der Waals surface area contributed by atoms with E-state index in [1.165, 1.54) is 11.1 Å². The van der Waals surface area contributed by atoms with Gasteiger partial charge in [0.1, 0.15) is 0 Å². The van der Waals surface area contributed by atoms with Gasteiger partial charge in [0.05, 0.1) is 11.4 Å². The van der Waals surface area contributed by atoms with Gasteiger partial charge in [-0.3, -0.25) is 0 Å². The maximum Gasteiger partial charge on any atom is 0.0550 e. The smallest absolute Gasteiger partial charge is 0.0550 e. The van der Waals surface area contributed by atoms with Crippen LogP contribution in [0.3, 0.4) is 0 Å². The molecule has 0 bridgehead atoms. The molecule has 0 saturated heterocycles. The van der Waals surface area contributed by atoms with E-state index in [2.05, 4.69) is 19.1 Å². The fraction of sp³-hybridized carbons (Fsp3) is 0.143. The standard InChI is InChI=1S/C14H16N2/c1-10(11-5-3-2-4-6-11)12-7-8-13(15)14(16)9-12/h2-10H,15-16H2,1H3. The number of hydrogen-bond acceptors (Lipinski definition) is 2. The quantitative estimate of drug-likeness (QED) is 0.752. The lowest BCUT2D eigenvalue weighted by Gasteiger charge is -2.13. The van der Waals surface area contributed by atoms with Crippen molar-refractivity contribution < 1.29 is 0 Å². The highest BCUT2D eigenvalue weighted by atomic mass is 14.7. The minimum Gasteiger partial charge on any atom is -0.397 e. The Bertz CT molecular complexity index is 477. The molecule has 0 saturated carbocycles. The Morgan fingerprint density at radius 3 is 2.12 bits per heavy atom. The first-order chi connectivity index (χ1) is 7.68. The molecule has 2 aromatic rings. The Morgan fingerprint density at radius 2 is 1.50 bits per heavy atom. The van der Waals surface area contributed by atoms with Crippen LogP contribution in [-0.4, -0.2) is 0 Å². The largest absolute Gasteiger partial charge is 0.397 e. The van der Waals surface area contributed by atoms with E-state index >= 15 is 0 Å². The molecule has 16 heavy (non-hydrogen) atoms. The van der Waals surface area contributed by atoms with Crippen LogP contribution < -0.4 is 11.5 Å². The summed E-state index contributed by atoms with van der Waals surface area (Å²) in [5, 5.41) is 0. The minimum absolute atomic E-state index is 0.337. The molecule has 0 spiro atoms. The van der Waals surface area contributed by atoms with Crippen LogP contribution in [0.2, 0.25) is 0 Å². The monoisotopic (exact) mass is 212 g/mol. The van der Waals surface area contributed by atoms with Gasteiger partial charge in [-0.05, 0) is 23.3 Å². The molecule has 0 amide bonds. The second-order valence-corrected chi connectivity index (χ2v) is 4.02. The molecule has 2 nitrogen and oxygen atoms in total. The fourth-order valence-corrected chi connectivity index (χ4v) is 1.80. The first-order valence-electron chi connectivity index (χ1n) is 5.38. The molecule has 4 N–H and O–H groups in total. The summed E-state index contributed by atoms with van der Waals surface area (Å²) < 4.78 is 0. The Morgan fingerprint density at radius 1 is 0.812 bits per heavy atom. The number of anilines is 2. The summed E-state index contributed by atoms with van der Waals surface area (Å²) in [5.74, 6) is 0.337. The van der Waals surface area contributed by atoms with Crippen molar-refractivity contribution >= 4 is 11.4 Å². The van der Waals surface area contributed by atoms with Crippen molar-refractivity contribution in [1.82, 2.24) is 0 Å². The topological polar surface area (TPSA) is 52.0 Å². The molecule has 0 aromatic heterocycles. The molecule has 0 aliphatic heterocycles. The average Bonchev–Trinajstić information content (AvgIpc) is 2.33. The van der Waals surface area contributed by atoms with E-state index in [-0.39, 0.29) is 0 Å². The highest BCUT2D eigenvalue weighted by Gasteiger charge is 2.08. The summed E-state index contributed by atoms with van der Waals surface area (Å²) >= 11 is 0. The molecule has 0 radical (unpaired) electrons. The van der Waals surface area contributed by atoms with E-state index in [1.54, 1.807) is 0 Å². The van der Waals surface area contributed by atoms with Crippen molar-refractivity contribution in [3.63, 3.8) is 0 Å². The van der Waals surface area contributed by atoms with Gasteiger partial charge < -0.3 is 11.5 Å².